The number of carbonyl (C=O) groups is 3. The minimum atomic E-state index is -1.07. The highest BCUT2D eigenvalue weighted by atomic mass is 16.3. The molecule has 0 aliphatic carbocycles. The highest BCUT2D eigenvalue weighted by molar-refractivity contribution is 5.88. The first-order chi connectivity index (χ1) is 20.3. The molecule has 0 aliphatic rings. The van der Waals surface area contributed by atoms with E-state index in [0.717, 1.165) is 16.5 Å². The predicted molar refractivity (Wildman–Crippen MR) is 168 cm³/mol. The SMILES string of the molecule is CC(C)N(C[C@H](O)[C@H](Cc1ccccc1)NC(=O)[C@H](CC(N)=O)NCc1ccc2ccccc2n1)NC(=O)NC(C)(C)C. The Labute approximate surface area is 253 Å². The van der Waals surface area contributed by atoms with Crippen LogP contribution in [0.2, 0.25) is 0 Å². The molecule has 11 nitrogen and oxygen atoms in total. The first-order valence-corrected chi connectivity index (χ1v) is 14.5. The fourth-order valence-corrected chi connectivity index (χ4v) is 4.54. The highest BCUT2D eigenvalue weighted by Crippen LogP contribution is 2.13. The summed E-state index contributed by atoms with van der Waals surface area (Å²) in [5.74, 6) is -1.12. The molecule has 11 heteroatoms. The van der Waals surface area contributed by atoms with Gasteiger partial charge in [0.05, 0.1) is 35.8 Å². The van der Waals surface area contributed by atoms with E-state index in [4.69, 9.17) is 5.73 Å². The van der Waals surface area contributed by atoms with E-state index in [2.05, 4.69) is 26.4 Å². The predicted octanol–water partition coefficient (Wildman–Crippen LogP) is 2.38. The van der Waals surface area contributed by atoms with Gasteiger partial charge in [-0.15, -0.1) is 0 Å². The van der Waals surface area contributed by atoms with E-state index in [-0.39, 0.29) is 25.6 Å². The number of carbonyl (C=O) groups excluding carboxylic acids is 3. The van der Waals surface area contributed by atoms with E-state index in [1.165, 1.54) is 0 Å². The zero-order chi connectivity index (χ0) is 31.6. The number of aromatic nitrogens is 1. The minimum Gasteiger partial charge on any atom is -0.390 e. The summed E-state index contributed by atoms with van der Waals surface area (Å²) in [7, 11) is 0. The fourth-order valence-electron chi connectivity index (χ4n) is 4.54. The van der Waals surface area contributed by atoms with Crippen molar-refractivity contribution in [3.8, 4) is 0 Å². The van der Waals surface area contributed by atoms with Crippen LogP contribution in [0.15, 0.2) is 66.7 Å². The zero-order valence-electron chi connectivity index (χ0n) is 25.6. The summed E-state index contributed by atoms with van der Waals surface area (Å²) in [5, 5.41) is 22.9. The van der Waals surface area contributed by atoms with Gasteiger partial charge in [0.1, 0.15) is 0 Å². The summed E-state index contributed by atoms with van der Waals surface area (Å²) >= 11 is 0. The number of fused-ring (bicyclic) bond motifs is 1. The third-order valence-electron chi connectivity index (χ3n) is 6.74. The van der Waals surface area contributed by atoms with Gasteiger partial charge < -0.3 is 21.5 Å². The number of rotatable bonds is 14. The number of benzene rings is 2. The lowest BCUT2D eigenvalue weighted by Gasteiger charge is -2.34. The fraction of sp³-hybridized carbons (Fsp3) is 0.438. The van der Waals surface area contributed by atoms with Crippen LogP contribution >= 0.6 is 0 Å². The van der Waals surface area contributed by atoms with Crippen molar-refractivity contribution in [3.63, 3.8) is 0 Å². The molecule has 0 saturated carbocycles. The Bertz CT molecular complexity index is 1360. The van der Waals surface area contributed by atoms with Crippen LogP contribution in [0.4, 0.5) is 4.79 Å². The van der Waals surface area contributed by atoms with Gasteiger partial charge >= 0.3 is 6.03 Å². The van der Waals surface area contributed by atoms with Crippen LogP contribution < -0.4 is 27.1 Å². The molecule has 0 fully saturated rings. The molecule has 7 N–H and O–H groups in total. The normalized spacial score (nSPS) is 13.9. The lowest BCUT2D eigenvalue weighted by molar-refractivity contribution is -0.128. The van der Waals surface area contributed by atoms with Gasteiger partial charge in [0.15, 0.2) is 0 Å². The van der Waals surface area contributed by atoms with Gasteiger partial charge in [0.25, 0.3) is 0 Å². The molecule has 0 radical (unpaired) electrons. The number of pyridine rings is 1. The van der Waals surface area contributed by atoms with Crippen LogP contribution in [0, 0.1) is 0 Å². The molecule has 2 aromatic carbocycles. The number of hydrogen-bond donors (Lipinski definition) is 6. The smallest absolute Gasteiger partial charge is 0.329 e. The Morgan fingerprint density at radius 1 is 0.977 bits per heavy atom. The maximum Gasteiger partial charge on any atom is 0.329 e. The van der Waals surface area contributed by atoms with E-state index in [1.54, 1.807) is 5.01 Å². The van der Waals surface area contributed by atoms with Gasteiger partial charge in [-0.3, -0.25) is 25.3 Å². The van der Waals surface area contributed by atoms with Crippen molar-refractivity contribution < 1.29 is 19.5 Å². The van der Waals surface area contributed by atoms with Crippen molar-refractivity contribution in [2.24, 2.45) is 5.73 Å². The summed E-state index contributed by atoms with van der Waals surface area (Å²) in [5.41, 5.74) is 10.3. The molecule has 0 aliphatic heterocycles. The van der Waals surface area contributed by atoms with E-state index in [1.807, 2.05) is 101 Å². The molecule has 1 heterocycles. The van der Waals surface area contributed by atoms with E-state index in [0.29, 0.717) is 12.1 Å². The van der Waals surface area contributed by atoms with Crippen molar-refractivity contribution >= 4 is 28.7 Å². The second-order valence-electron chi connectivity index (χ2n) is 12.0. The van der Waals surface area contributed by atoms with Crippen LogP contribution in [0.25, 0.3) is 10.9 Å². The third-order valence-corrected chi connectivity index (χ3v) is 6.74. The monoisotopic (exact) mass is 591 g/mol. The largest absolute Gasteiger partial charge is 0.390 e. The molecule has 3 rings (SSSR count). The van der Waals surface area contributed by atoms with Crippen LogP contribution in [0.5, 0.6) is 0 Å². The molecule has 0 spiro atoms. The molecule has 3 atom stereocenters. The number of nitrogens with zero attached hydrogens (tertiary/aromatic N) is 2. The number of primary amides is 1. The molecule has 43 heavy (non-hydrogen) atoms. The molecular weight excluding hydrogens is 546 g/mol. The van der Waals surface area contributed by atoms with Gasteiger partial charge in [0, 0.05) is 30.1 Å². The molecule has 1 aromatic heterocycles. The van der Waals surface area contributed by atoms with Crippen LogP contribution in [-0.4, -0.2) is 69.3 Å². The van der Waals surface area contributed by atoms with Gasteiger partial charge in [-0.25, -0.2) is 9.80 Å². The summed E-state index contributed by atoms with van der Waals surface area (Å²) < 4.78 is 0. The quantitative estimate of drug-likeness (QED) is 0.157. The maximum absolute atomic E-state index is 13.6. The molecular formula is C32H45N7O4. The number of amides is 4. The Morgan fingerprint density at radius 3 is 2.30 bits per heavy atom. The molecule has 0 bridgehead atoms. The molecule has 232 valence electrons. The van der Waals surface area contributed by atoms with Gasteiger partial charge in [-0.05, 0) is 58.7 Å². The summed E-state index contributed by atoms with van der Waals surface area (Å²) in [6.07, 6.45) is -0.985. The number of nitrogens with one attached hydrogen (secondary N) is 4. The van der Waals surface area contributed by atoms with Crippen molar-refractivity contribution in [1.82, 2.24) is 31.4 Å². The van der Waals surface area contributed by atoms with Gasteiger partial charge in [-0.1, -0.05) is 54.6 Å². The summed E-state index contributed by atoms with van der Waals surface area (Å²) in [6.45, 7) is 9.68. The maximum atomic E-state index is 13.6. The molecule has 0 unspecified atom stereocenters. The number of hydrazine groups is 1. The molecule has 4 amide bonds. The first-order valence-electron chi connectivity index (χ1n) is 14.5. The van der Waals surface area contributed by atoms with Gasteiger partial charge in [-0.2, -0.15) is 0 Å². The van der Waals surface area contributed by atoms with Crippen LogP contribution in [0.1, 0.15) is 52.3 Å². The number of para-hydroxylation sites is 1. The van der Waals surface area contributed by atoms with Crippen LogP contribution in [0.3, 0.4) is 0 Å². The van der Waals surface area contributed by atoms with Crippen molar-refractivity contribution in [2.45, 2.75) is 83.8 Å². The average molecular weight is 592 g/mol. The van der Waals surface area contributed by atoms with E-state index in [9.17, 15) is 19.5 Å². The summed E-state index contributed by atoms with van der Waals surface area (Å²) in [6, 6.07) is 18.8. The van der Waals surface area contributed by atoms with Crippen molar-refractivity contribution in [3.05, 3.63) is 78.0 Å². The average Bonchev–Trinajstić information content (AvgIpc) is 2.93. The Morgan fingerprint density at radius 2 is 1.65 bits per heavy atom. The number of urea groups is 1. The topological polar surface area (TPSA) is 162 Å². The number of aliphatic hydroxyl groups is 1. The summed E-state index contributed by atoms with van der Waals surface area (Å²) in [4.78, 5) is 42.7. The molecule has 3 aromatic rings. The first kappa shape index (κ1) is 33.4. The van der Waals surface area contributed by atoms with Crippen molar-refractivity contribution in [2.75, 3.05) is 6.54 Å². The van der Waals surface area contributed by atoms with E-state index < -0.39 is 41.6 Å². The Kier molecular flexibility index (Phi) is 12.0. The lowest BCUT2D eigenvalue weighted by atomic mass is 9.99. The second kappa shape index (κ2) is 15.4. The Balaban J connectivity index is 1.76. The number of nitrogens with two attached hydrogens (primary N) is 1. The molecule has 0 saturated heterocycles. The van der Waals surface area contributed by atoms with Crippen LogP contribution in [-0.2, 0) is 22.6 Å². The standard InChI is InChI=1S/C32H45N7O4/c1-21(2)39(38-31(43)37-32(3,4)5)20-28(40)26(17-22-11-7-6-8-12-22)36-30(42)27(18-29(33)41)34-19-24-16-15-23-13-9-10-14-25(23)35-24/h6-16,21,26-28,34,40H,17-20H2,1-5H3,(H2,33,41)(H,36,42)(H2,37,38,43)/t26-,27-,28-/m0/s1. The highest BCUT2D eigenvalue weighted by Gasteiger charge is 2.29. The van der Waals surface area contributed by atoms with Gasteiger partial charge in [0.2, 0.25) is 11.8 Å². The lowest BCUT2D eigenvalue weighted by Crippen LogP contribution is -2.59. The third kappa shape index (κ3) is 11.3. The Hall–Kier alpha value is -4.06. The minimum absolute atomic E-state index is 0.0436. The number of hydrogen-bond acceptors (Lipinski definition) is 7. The van der Waals surface area contributed by atoms with E-state index >= 15 is 0 Å². The number of aliphatic hydroxyl groups excluding tert-OH is 1. The van der Waals surface area contributed by atoms with Crippen molar-refractivity contribution in [1.29, 1.82) is 0 Å². The zero-order valence-corrected chi connectivity index (χ0v) is 25.6. The second-order valence-corrected chi connectivity index (χ2v) is 12.0.